The number of rotatable bonds is 4. The number of aromatic nitrogens is 2. The third-order valence-electron chi connectivity index (χ3n) is 3.43. The summed E-state index contributed by atoms with van der Waals surface area (Å²) in [6.45, 7) is 5.44. The second-order valence-corrected chi connectivity index (χ2v) is 5.85. The maximum atomic E-state index is 11.8. The van der Waals surface area contributed by atoms with Gasteiger partial charge in [0.25, 0.3) is 5.56 Å². The SMILES string of the molecule is CC(C)COCc1ccc2c(c1)Cc1c([nH]c(=O)[nH]c1=O)O2. The first-order chi connectivity index (χ1) is 10.5. The molecule has 0 saturated heterocycles. The van der Waals surface area contributed by atoms with Crippen molar-refractivity contribution in [1.29, 1.82) is 0 Å². The average molecular weight is 302 g/mol. The van der Waals surface area contributed by atoms with Crippen molar-refractivity contribution in [1.82, 2.24) is 9.97 Å². The molecule has 6 nitrogen and oxygen atoms in total. The van der Waals surface area contributed by atoms with E-state index in [4.69, 9.17) is 9.47 Å². The molecule has 2 heterocycles. The third kappa shape index (κ3) is 2.96. The van der Waals surface area contributed by atoms with E-state index in [0.717, 1.165) is 11.1 Å². The van der Waals surface area contributed by atoms with Crippen molar-refractivity contribution in [2.75, 3.05) is 6.61 Å². The molecule has 0 aliphatic carbocycles. The van der Waals surface area contributed by atoms with Crippen LogP contribution < -0.4 is 16.0 Å². The normalized spacial score (nSPS) is 12.7. The van der Waals surface area contributed by atoms with Crippen LogP contribution in [-0.2, 0) is 17.8 Å². The molecule has 0 amide bonds. The smallest absolute Gasteiger partial charge is 0.328 e. The molecular weight excluding hydrogens is 284 g/mol. The van der Waals surface area contributed by atoms with Gasteiger partial charge in [-0.3, -0.25) is 14.8 Å². The van der Waals surface area contributed by atoms with E-state index in [1.165, 1.54) is 0 Å². The minimum absolute atomic E-state index is 0.227. The van der Waals surface area contributed by atoms with E-state index < -0.39 is 11.2 Å². The molecule has 1 aromatic heterocycles. The summed E-state index contributed by atoms with van der Waals surface area (Å²) in [4.78, 5) is 27.9. The molecule has 0 bridgehead atoms. The Morgan fingerprint density at radius 3 is 2.86 bits per heavy atom. The summed E-state index contributed by atoms with van der Waals surface area (Å²) >= 11 is 0. The number of ether oxygens (including phenoxy) is 2. The van der Waals surface area contributed by atoms with Gasteiger partial charge in [0.2, 0.25) is 5.88 Å². The van der Waals surface area contributed by atoms with Crippen LogP contribution >= 0.6 is 0 Å². The summed E-state index contributed by atoms with van der Waals surface area (Å²) in [5, 5.41) is 0. The number of nitrogens with one attached hydrogen (secondary N) is 2. The van der Waals surface area contributed by atoms with Gasteiger partial charge >= 0.3 is 5.69 Å². The van der Waals surface area contributed by atoms with Gasteiger partial charge in [-0.05, 0) is 29.2 Å². The highest BCUT2D eigenvalue weighted by Gasteiger charge is 2.21. The maximum absolute atomic E-state index is 11.8. The van der Waals surface area contributed by atoms with E-state index in [9.17, 15) is 9.59 Å². The number of hydrogen-bond acceptors (Lipinski definition) is 4. The minimum Gasteiger partial charge on any atom is -0.440 e. The van der Waals surface area contributed by atoms with Crippen LogP contribution in [0.1, 0.15) is 30.5 Å². The lowest BCUT2D eigenvalue weighted by atomic mass is 10.0. The predicted octanol–water partition coefficient (Wildman–Crippen LogP) is 1.93. The molecule has 1 aliphatic rings. The quantitative estimate of drug-likeness (QED) is 0.771. The molecule has 6 heteroatoms. The zero-order valence-electron chi connectivity index (χ0n) is 12.6. The number of benzene rings is 1. The van der Waals surface area contributed by atoms with E-state index >= 15 is 0 Å². The van der Waals surface area contributed by atoms with Crippen LogP contribution in [-0.4, -0.2) is 16.6 Å². The molecule has 1 aromatic carbocycles. The third-order valence-corrected chi connectivity index (χ3v) is 3.43. The van der Waals surface area contributed by atoms with Gasteiger partial charge in [0.15, 0.2) is 0 Å². The first-order valence-electron chi connectivity index (χ1n) is 7.26. The van der Waals surface area contributed by atoms with Gasteiger partial charge in [0, 0.05) is 13.0 Å². The monoisotopic (exact) mass is 302 g/mol. The molecule has 0 radical (unpaired) electrons. The largest absolute Gasteiger partial charge is 0.440 e. The summed E-state index contributed by atoms with van der Waals surface area (Å²) in [6, 6.07) is 5.74. The summed E-state index contributed by atoms with van der Waals surface area (Å²) in [7, 11) is 0. The summed E-state index contributed by atoms with van der Waals surface area (Å²) in [5.74, 6) is 1.37. The van der Waals surface area contributed by atoms with Gasteiger partial charge < -0.3 is 9.47 Å². The number of H-pyrrole nitrogens is 2. The highest BCUT2D eigenvalue weighted by atomic mass is 16.5. The lowest BCUT2D eigenvalue weighted by Gasteiger charge is -2.19. The molecule has 0 fully saturated rings. The Morgan fingerprint density at radius 1 is 1.27 bits per heavy atom. The first kappa shape index (κ1) is 14.6. The van der Waals surface area contributed by atoms with Gasteiger partial charge in [-0.2, -0.15) is 0 Å². The van der Waals surface area contributed by atoms with E-state index in [1.54, 1.807) is 0 Å². The van der Waals surface area contributed by atoms with Gasteiger partial charge in [-0.25, -0.2) is 4.79 Å². The van der Waals surface area contributed by atoms with Crippen molar-refractivity contribution in [3.63, 3.8) is 0 Å². The Bertz CT molecular complexity index is 805. The molecule has 1 aliphatic heterocycles. The van der Waals surface area contributed by atoms with Gasteiger partial charge in [-0.1, -0.05) is 19.9 Å². The Morgan fingerprint density at radius 2 is 2.09 bits per heavy atom. The summed E-state index contributed by atoms with van der Waals surface area (Å²) in [5.41, 5.74) is 1.41. The zero-order chi connectivity index (χ0) is 15.7. The average Bonchev–Trinajstić information content (AvgIpc) is 2.45. The van der Waals surface area contributed by atoms with Gasteiger partial charge in [0.05, 0.1) is 12.2 Å². The van der Waals surface area contributed by atoms with E-state index in [-0.39, 0.29) is 5.88 Å². The van der Waals surface area contributed by atoms with E-state index in [1.807, 2.05) is 18.2 Å². The topological polar surface area (TPSA) is 84.2 Å². The molecule has 2 aromatic rings. The van der Waals surface area contributed by atoms with Crippen LogP contribution in [0.2, 0.25) is 0 Å². The number of hydrogen-bond donors (Lipinski definition) is 2. The molecule has 116 valence electrons. The molecule has 0 atom stereocenters. The fourth-order valence-corrected chi connectivity index (χ4v) is 2.41. The van der Waals surface area contributed by atoms with Crippen molar-refractivity contribution in [2.45, 2.75) is 26.9 Å². The highest BCUT2D eigenvalue weighted by molar-refractivity contribution is 5.47. The molecule has 2 N–H and O–H groups in total. The Kier molecular flexibility index (Phi) is 3.85. The molecule has 3 rings (SSSR count). The fourth-order valence-electron chi connectivity index (χ4n) is 2.41. The fraction of sp³-hybridized carbons (Fsp3) is 0.375. The Balaban J connectivity index is 1.84. The molecule has 0 spiro atoms. The maximum Gasteiger partial charge on any atom is 0.328 e. The first-order valence-corrected chi connectivity index (χ1v) is 7.26. The van der Waals surface area contributed by atoms with Crippen molar-refractivity contribution < 1.29 is 9.47 Å². The van der Waals surface area contributed by atoms with Crippen LogP contribution in [0.4, 0.5) is 0 Å². The van der Waals surface area contributed by atoms with Crippen LogP contribution in [0.15, 0.2) is 27.8 Å². The minimum atomic E-state index is -0.564. The van der Waals surface area contributed by atoms with Crippen LogP contribution in [0.25, 0.3) is 0 Å². The van der Waals surface area contributed by atoms with Gasteiger partial charge in [0.1, 0.15) is 5.75 Å². The van der Waals surface area contributed by atoms with Crippen molar-refractivity contribution in [2.24, 2.45) is 5.92 Å². The van der Waals surface area contributed by atoms with Crippen molar-refractivity contribution >= 4 is 0 Å². The predicted molar refractivity (Wildman–Crippen MR) is 81.5 cm³/mol. The molecule has 0 unspecified atom stereocenters. The second kappa shape index (κ2) is 5.81. The zero-order valence-corrected chi connectivity index (χ0v) is 12.6. The molecular formula is C16H18N2O4. The number of aromatic amines is 2. The lowest BCUT2D eigenvalue weighted by Crippen LogP contribution is -2.28. The standard InChI is InChI=1S/C16H18N2O4/c1-9(2)7-21-8-10-3-4-13-11(5-10)6-12-14(19)17-16(20)18-15(12)22-13/h3-5,9H,6-8H2,1-2H3,(H2,17,18,19,20). The van der Waals surface area contributed by atoms with Crippen molar-refractivity contribution in [3.05, 3.63) is 55.7 Å². The van der Waals surface area contributed by atoms with E-state index in [0.29, 0.717) is 36.9 Å². The lowest BCUT2D eigenvalue weighted by molar-refractivity contribution is 0.0970. The highest BCUT2D eigenvalue weighted by Crippen LogP contribution is 2.33. The van der Waals surface area contributed by atoms with Crippen LogP contribution in [0.5, 0.6) is 11.6 Å². The van der Waals surface area contributed by atoms with E-state index in [2.05, 4.69) is 23.8 Å². The number of fused-ring (bicyclic) bond motifs is 2. The summed E-state index contributed by atoms with van der Waals surface area (Å²) < 4.78 is 11.2. The van der Waals surface area contributed by atoms with Crippen molar-refractivity contribution in [3.8, 4) is 11.6 Å². The van der Waals surface area contributed by atoms with Crippen LogP contribution in [0, 0.1) is 5.92 Å². The van der Waals surface area contributed by atoms with Gasteiger partial charge in [-0.15, -0.1) is 0 Å². The Labute approximate surface area is 127 Å². The Hall–Kier alpha value is -2.34. The molecule has 22 heavy (non-hydrogen) atoms. The summed E-state index contributed by atoms with van der Waals surface area (Å²) in [6.07, 6.45) is 0.425. The van der Waals surface area contributed by atoms with Crippen LogP contribution in [0.3, 0.4) is 0 Å². The second-order valence-electron chi connectivity index (χ2n) is 5.85. The molecule has 0 saturated carbocycles.